The third-order valence-electron chi connectivity index (χ3n) is 9.53. The summed E-state index contributed by atoms with van der Waals surface area (Å²) in [6, 6.07) is 61.9. The summed E-state index contributed by atoms with van der Waals surface area (Å²) in [6.07, 6.45) is 0. The van der Waals surface area contributed by atoms with E-state index in [0.29, 0.717) is 0 Å². The van der Waals surface area contributed by atoms with Gasteiger partial charge in [0.25, 0.3) is 0 Å². The van der Waals surface area contributed by atoms with E-state index in [1.807, 2.05) is 11.3 Å². The Kier molecular flexibility index (Phi) is 5.78. The summed E-state index contributed by atoms with van der Waals surface area (Å²) in [5, 5.41) is 10.2. The minimum absolute atomic E-state index is 1.13. The van der Waals surface area contributed by atoms with Crippen LogP contribution in [0.4, 0.5) is 17.1 Å². The maximum Gasteiger partial charge on any atom is 0.0562 e. The van der Waals surface area contributed by atoms with Gasteiger partial charge in [-0.15, -0.1) is 11.3 Å². The molecule has 0 spiro atoms. The van der Waals surface area contributed by atoms with Gasteiger partial charge in [-0.1, -0.05) is 115 Å². The van der Waals surface area contributed by atoms with Crippen LogP contribution in [-0.4, -0.2) is 4.57 Å². The summed E-state index contributed by atoms with van der Waals surface area (Å²) in [5.41, 5.74) is 7.00. The second-order valence-corrected chi connectivity index (χ2v) is 13.2. The molecule has 2 aromatic heterocycles. The Balaban J connectivity index is 1.30. The number of hydrogen-bond acceptors (Lipinski definition) is 2. The SMILES string of the molecule is c1ccc(N(c2ccc3c4c5ccccc5ccc4n(-c4ccccc4)c3c2)c2cccc3sc4c5ccccc5ccc4c23)cc1. The fourth-order valence-corrected chi connectivity index (χ4v) is 8.75. The van der Waals surface area contributed by atoms with Gasteiger partial charge in [0.2, 0.25) is 0 Å². The molecule has 10 aromatic rings. The Morgan fingerprint density at radius 1 is 0.426 bits per heavy atom. The lowest BCUT2D eigenvalue weighted by atomic mass is 10.0. The first kappa shape index (κ1) is 26.3. The number of para-hydroxylation sites is 2. The van der Waals surface area contributed by atoms with E-state index in [2.05, 4.69) is 179 Å². The van der Waals surface area contributed by atoms with Crippen LogP contribution in [0.5, 0.6) is 0 Å². The Hall–Kier alpha value is -5.90. The number of benzene rings is 8. The van der Waals surface area contributed by atoms with E-state index < -0.39 is 0 Å². The monoisotopic (exact) mass is 616 g/mol. The highest BCUT2D eigenvalue weighted by Crippen LogP contribution is 2.47. The number of thiophene rings is 1. The number of aromatic nitrogens is 1. The highest BCUT2D eigenvalue weighted by Gasteiger charge is 2.21. The molecule has 8 aromatic carbocycles. The average Bonchev–Trinajstić information content (AvgIpc) is 3.69. The van der Waals surface area contributed by atoms with Crippen molar-refractivity contribution >= 4 is 91.9 Å². The summed E-state index contributed by atoms with van der Waals surface area (Å²) in [5.74, 6) is 0. The molecule has 0 saturated carbocycles. The van der Waals surface area contributed by atoms with Gasteiger partial charge in [0.15, 0.2) is 0 Å². The van der Waals surface area contributed by atoms with Crippen molar-refractivity contribution in [2.45, 2.75) is 0 Å². The molecule has 0 atom stereocenters. The van der Waals surface area contributed by atoms with Crippen molar-refractivity contribution in [3.63, 3.8) is 0 Å². The normalized spacial score (nSPS) is 11.8. The van der Waals surface area contributed by atoms with Crippen LogP contribution in [0.3, 0.4) is 0 Å². The van der Waals surface area contributed by atoms with E-state index in [0.717, 1.165) is 17.1 Å². The van der Waals surface area contributed by atoms with Gasteiger partial charge in [0, 0.05) is 48.0 Å². The number of nitrogens with zero attached hydrogens (tertiary/aromatic N) is 2. The van der Waals surface area contributed by atoms with Crippen molar-refractivity contribution in [1.29, 1.82) is 0 Å². The first-order valence-corrected chi connectivity index (χ1v) is 16.8. The molecule has 0 N–H and O–H groups in total. The van der Waals surface area contributed by atoms with Crippen LogP contribution in [0.2, 0.25) is 0 Å². The maximum atomic E-state index is 2.44. The van der Waals surface area contributed by atoms with Crippen molar-refractivity contribution in [2.75, 3.05) is 4.90 Å². The highest BCUT2D eigenvalue weighted by atomic mass is 32.1. The van der Waals surface area contributed by atoms with Crippen LogP contribution in [0.15, 0.2) is 170 Å². The molecule has 47 heavy (non-hydrogen) atoms. The third-order valence-corrected chi connectivity index (χ3v) is 10.7. The van der Waals surface area contributed by atoms with E-state index in [4.69, 9.17) is 0 Å². The van der Waals surface area contributed by atoms with Crippen molar-refractivity contribution in [3.05, 3.63) is 170 Å². The van der Waals surface area contributed by atoms with Crippen LogP contribution >= 0.6 is 11.3 Å². The van der Waals surface area contributed by atoms with Gasteiger partial charge >= 0.3 is 0 Å². The van der Waals surface area contributed by atoms with Crippen LogP contribution in [0.1, 0.15) is 0 Å². The zero-order valence-electron chi connectivity index (χ0n) is 25.5. The quantitative estimate of drug-likeness (QED) is 0.191. The number of fused-ring (bicyclic) bond motifs is 10. The number of anilines is 3. The van der Waals surface area contributed by atoms with Gasteiger partial charge in [-0.3, -0.25) is 0 Å². The van der Waals surface area contributed by atoms with Crippen molar-refractivity contribution in [3.8, 4) is 5.69 Å². The minimum atomic E-state index is 1.13. The van der Waals surface area contributed by atoms with Gasteiger partial charge in [-0.2, -0.15) is 0 Å². The molecule has 2 heterocycles. The van der Waals surface area contributed by atoms with Crippen LogP contribution in [0.25, 0.3) is 69.2 Å². The van der Waals surface area contributed by atoms with Crippen LogP contribution < -0.4 is 4.90 Å². The standard InChI is InChI=1S/C44H28N2S/c1-3-14-31(15-4-1)45(38-20-11-21-41-43(38)37-25-22-30-13-8-10-19-35(30)44(37)47-41)33-24-26-36-40(28-33)46(32-16-5-2-6-17-32)39-27-23-29-12-7-9-18-34(29)42(36)39/h1-28H. The first-order valence-electron chi connectivity index (χ1n) is 16.0. The zero-order valence-corrected chi connectivity index (χ0v) is 26.3. The maximum absolute atomic E-state index is 2.44. The molecule has 0 fully saturated rings. The molecule has 0 radical (unpaired) electrons. The van der Waals surface area contributed by atoms with E-state index in [9.17, 15) is 0 Å². The summed E-state index contributed by atoms with van der Waals surface area (Å²) in [4.78, 5) is 2.44. The predicted molar refractivity (Wildman–Crippen MR) is 203 cm³/mol. The summed E-state index contributed by atoms with van der Waals surface area (Å²) < 4.78 is 5.06. The van der Waals surface area contributed by atoms with Crippen LogP contribution in [-0.2, 0) is 0 Å². The first-order chi connectivity index (χ1) is 23.3. The fourth-order valence-electron chi connectivity index (χ4n) is 7.50. The Bertz CT molecular complexity index is 2790. The number of hydrogen-bond donors (Lipinski definition) is 0. The molecule has 0 unspecified atom stereocenters. The Morgan fingerprint density at radius 2 is 1.11 bits per heavy atom. The van der Waals surface area contributed by atoms with E-state index in [-0.39, 0.29) is 0 Å². The second kappa shape index (κ2) is 10.3. The third kappa shape index (κ3) is 3.97. The lowest BCUT2D eigenvalue weighted by molar-refractivity contribution is 1.18. The van der Waals surface area contributed by atoms with Crippen molar-refractivity contribution in [2.24, 2.45) is 0 Å². The van der Waals surface area contributed by atoms with E-state index in [1.165, 1.54) is 69.2 Å². The summed E-state index contributed by atoms with van der Waals surface area (Å²) in [7, 11) is 0. The lowest BCUT2D eigenvalue weighted by Gasteiger charge is -2.26. The second-order valence-electron chi connectivity index (χ2n) is 12.1. The molecule has 0 aliphatic carbocycles. The topological polar surface area (TPSA) is 8.17 Å². The fraction of sp³-hybridized carbons (Fsp3) is 0. The molecule has 3 heteroatoms. The highest BCUT2D eigenvalue weighted by molar-refractivity contribution is 7.26. The van der Waals surface area contributed by atoms with Gasteiger partial charge in [0.05, 0.1) is 16.7 Å². The van der Waals surface area contributed by atoms with Crippen LogP contribution in [0, 0.1) is 0 Å². The molecule has 2 nitrogen and oxygen atoms in total. The molecule has 0 aliphatic heterocycles. The molecule has 0 saturated heterocycles. The smallest absolute Gasteiger partial charge is 0.0562 e. The van der Waals surface area contributed by atoms with Gasteiger partial charge < -0.3 is 9.47 Å². The predicted octanol–water partition coefficient (Wildman–Crippen LogP) is 12.9. The summed E-state index contributed by atoms with van der Waals surface area (Å²) >= 11 is 1.89. The minimum Gasteiger partial charge on any atom is -0.310 e. The van der Waals surface area contributed by atoms with Gasteiger partial charge in [-0.25, -0.2) is 0 Å². The Morgan fingerprint density at radius 3 is 1.94 bits per heavy atom. The molecule has 0 bridgehead atoms. The molecular formula is C44H28N2S. The van der Waals surface area contributed by atoms with Crippen molar-refractivity contribution < 1.29 is 0 Å². The van der Waals surface area contributed by atoms with E-state index >= 15 is 0 Å². The largest absolute Gasteiger partial charge is 0.310 e. The number of rotatable bonds is 4. The lowest BCUT2D eigenvalue weighted by Crippen LogP contribution is -2.10. The van der Waals surface area contributed by atoms with E-state index in [1.54, 1.807) is 0 Å². The Labute approximate surface area is 276 Å². The molecule has 0 aliphatic rings. The summed E-state index contributed by atoms with van der Waals surface area (Å²) in [6.45, 7) is 0. The van der Waals surface area contributed by atoms with Gasteiger partial charge in [0.1, 0.15) is 0 Å². The molecular weight excluding hydrogens is 589 g/mol. The molecule has 10 rings (SSSR count). The molecule has 220 valence electrons. The average molecular weight is 617 g/mol. The van der Waals surface area contributed by atoms with Gasteiger partial charge in [-0.05, 0) is 76.1 Å². The van der Waals surface area contributed by atoms with Crippen molar-refractivity contribution in [1.82, 2.24) is 4.57 Å². The molecule has 0 amide bonds. The zero-order chi connectivity index (χ0) is 30.9.